The fourth-order valence-electron chi connectivity index (χ4n) is 1.89. The van der Waals surface area contributed by atoms with Crippen LogP contribution in [0.2, 0.25) is 0 Å². The van der Waals surface area contributed by atoms with Crippen LogP contribution in [-0.2, 0) is 0 Å². The number of aromatic carboxylic acids is 1. The zero-order valence-corrected chi connectivity index (χ0v) is 11.8. The largest absolute Gasteiger partial charge is 0.476 e. The van der Waals surface area contributed by atoms with Gasteiger partial charge in [0.25, 0.3) is 0 Å². The predicted octanol–water partition coefficient (Wildman–Crippen LogP) is 1.71. The molecule has 0 aliphatic rings. The third kappa shape index (κ3) is 5.21. The molecule has 0 radical (unpaired) electrons. The van der Waals surface area contributed by atoms with E-state index >= 15 is 0 Å². The highest BCUT2D eigenvalue weighted by molar-refractivity contribution is 5.84. The number of aromatic nitrogens is 2. The Labute approximate surface area is 113 Å². The van der Waals surface area contributed by atoms with Crippen LogP contribution in [-0.4, -0.2) is 51.6 Å². The first-order valence-corrected chi connectivity index (χ1v) is 6.61. The number of nitrogens with zero attached hydrogens (tertiary/aromatic N) is 3. The van der Waals surface area contributed by atoms with E-state index in [1.54, 1.807) is 0 Å². The van der Waals surface area contributed by atoms with Gasteiger partial charge in [-0.1, -0.05) is 13.8 Å². The van der Waals surface area contributed by atoms with Crippen LogP contribution in [0.25, 0.3) is 0 Å². The highest BCUT2D eigenvalue weighted by atomic mass is 16.4. The SMILES string of the molecule is CCCN(CC)C[C@@H](C)Nc1cnc(C(=O)O)cn1. The van der Waals surface area contributed by atoms with E-state index in [-0.39, 0.29) is 11.7 Å². The van der Waals surface area contributed by atoms with Crippen LogP contribution in [0.15, 0.2) is 12.4 Å². The molecule has 0 bridgehead atoms. The fraction of sp³-hybridized carbons (Fsp3) is 0.615. The lowest BCUT2D eigenvalue weighted by atomic mass is 10.3. The van der Waals surface area contributed by atoms with Gasteiger partial charge in [0.2, 0.25) is 0 Å². The minimum Gasteiger partial charge on any atom is -0.476 e. The van der Waals surface area contributed by atoms with Gasteiger partial charge in [-0.15, -0.1) is 0 Å². The zero-order valence-electron chi connectivity index (χ0n) is 11.8. The quantitative estimate of drug-likeness (QED) is 0.745. The molecule has 6 nitrogen and oxygen atoms in total. The van der Waals surface area contributed by atoms with Crippen LogP contribution >= 0.6 is 0 Å². The summed E-state index contributed by atoms with van der Waals surface area (Å²) in [5.41, 5.74) is -0.0422. The summed E-state index contributed by atoms with van der Waals surface area (Å²) in [6.45, 7) is 9.40. The van der Waals surface area contributed by atoms with Crippen molar-refractivity contribution in [2.24, 2.45) is 0 Å². The van der Waals surface area contributed by atoms with Gasteiger partial charge in [-0.05, 0) is 26.4 Å². The van der Waals surface area contributed by atoms with Gasteiger partial charge in [0.15, 0.2) is 5.69 Å². The first kappa shape index (κ1) is 15.4. The first-order valence-electron chi connectivity index (χ1n) is 6.61. The van der Waals surface area contributed by atoms with Crippen LogP contribution in [0, 0.1) is 0 Å². The highest BCUT2D eigenvalue weighted by Gasteiger charge is 2.09. The van der Waals surface area contributed by atoms with E-state index in [4.69, 9.17) is 5.11 Å². The third-order valence-corrected chi connectivity index (χ3v) is 2.78. The monoisotopic (exact) mass is 266 g/mol. The van der Waals surface area contributed by atoms with Gasteiger partial charge in [-0.3, -0.25) is 0 Å². The molecule has 1 aromatic heterocycles. The minimum atomic E-state index is -1.06. The Kier molecular flexibility index (Phi) is 6.21. The Morgan fingerprint density at radius 2 is 2.16 bits per heavy atom. The molecule has 0 aliphatic carbocycles. The van der Waals surface area contributed by atoms with Crippen LogP contribution in [0.4, 0.5) is 5.82 Å². The van der Waals surface area contributed by atoms with Crippen molar-refractivity contribution in [3.63, 3.8) is 0 Å². The van der Waals surface area contributed by atoms with E-state index in [0.29, 0.717) is 5.82 Å². The van der Waals surface area contributed by atoms with Gasteiger partial charge in [0.1, 0.15) is 5.82 Å². The summed E-state index contributed by atoms with van der Waals surface area (Å²) in [4.78, 5) is 20.9. The number of hydrogen-bond donors (Lipinski definition) is 2. The molecule has 2 N–H and O–H groups in total. The van der Waals surface area contributed by atoms with Crippen LogP contribution in [0.3, 0.4) is 0 Å². The molecule has 0 aromatic carbocycles. The van der Waals surface area contributed by atoms with Gasteiger partial charge >= 0.3 is 5.97 Å². The van der Waals surface area contributed by atoms with Crippen molar-refractivity contribution >= 4 is 11.8 Å². The van der Waals surface area contributed by atoms with Crippen molar-refractivity contribution in [2.75, 3.05) is 25.0 Å². The minimum absolute atomic E-state index is 0.0422. The number of hydrogen-bond acceptors (Lipinski definition) is 5. The molecule has 1 heterocycles. The summed E-state index contributed by atoms with van der Waals surface area (Å²) in [6.07, 6.45) is 3.85. The van der Waals surface area contributed by atoms with Gasteiger partial charge in [-0.25, -0.2) is 14.8 Å². The van der Waals surface area contributed by atoms with Crippen LogP contribution < -0.4 is 5.32 Å². The molecular formula is C13H22N4O2. The Bertz CT molecular complexity index is 394. The van der Waals surface area contributed by atoms with Crippen molar-refractivity contribution in [1.29, 1.82) is 0 Å². The maximum Gasteiger partial charge on any atom is 0.356 e. The lowest BCUT2D eigenvalue weighted by Gasteiger charge is -2.24. The number of rotatable bonds is 8. The number of carboxylic acid groups (broad SMARTS) is 1. The normalized spacial score (nSPS) is 12.4. The van der Waals surface area contributed by atoms with Crippen molar-refractivity contribution < 1.29 is 9.90 Å². The summed E-state index contributed by atoms with van der Waals surface area (Å²) in [6, 6.07) is 0.233. The first-order chi connectivity index (χ1) is 9.06. The molecule has 6 heteroatoms. The Morgan fingerprint density at radius 3 is 2.63 bits per heavy atom. The summed E-state index contributed by atoms with van der Waals surface area (Å²) < 4.78 is 0. The molecule has 0 saturated carbocycles. The average Bonchev–Trinajstić information content (AvgIpc) is 2.38. The number of nitrogens with one attached hydrogen (secondary N) is 1. The van der Waals surface area contributed by atoms with E-state index in [1.165, 1.54) is 12.4 Å². The third-order valence-electron chi connectivity index (χ3n) is 2.78. The second-order valence-corrected chi connectivity index (χ2v) is 4.53. The van der Waals surface area contributed by atoms with Crippen molar-refractivity contribution in [3.05, 3.63) is 18.1 Å². The summed E-state index contributed by atoms with van der Waals surface area (Å²) in [7, 11) is 0. The van der Waals surface area contributed by atoms with Gasteiger partial charge in [0.05, 0.1) is 12.4 Å². The molecule has 0 amide bonds. The Morgan fingerprint density at radius 1 is 1.42 bits per heavy atom. The maximum atomic E-state index is 10.7. The van der Waals surface area contributed by atoms with E-state index in [9.17, 15) is 4.79 Å². The number of likely N-dealkylation sites (N-methyl/N-ethyl adjacent to an activating group) is 1. The predicted molar refractivity (Wildman–Crippen MR) is 74.5 cm³/mol. The van der Waals surface area contributed by atoms with E-state index in [0.717, 1.165) is 26.1 Å². The summed E-state index contributed by atoms with van der Waals surface area (Å²) in [5.74, 6) is -0.461. The standard InChI is InChI=1S/C13H22N4O2/c1-4-6-17(5-2)9-10(3)16-12-8-14-11(7-15-12)13(18)19/h7-8,10H,4-6,9H2,1-3H3,(H,15,16)(H,18,19)/t10-/m1/s1. The van der Waals surface area contributed by atoms with Crippen molar-refractivity contribution in [3.8, 4) is 0 Å². The molecule has 1 rings (SSSR count). The average molecular weight is 266 g/mol. The molecule has 19 heavy (non-hydrogen) atoms. The molecule has 0 saturated heterocycles. The van der Waals surface area contributed by atoms with E-state index < -0.39 is 5.97 Å². The van der Waals surface area contributed by atoms with E-state index in [1.807, 2.05) is 0 Å². The zero-order chi connectivity index (χ0) is 14.3. The smallest absolute Gasteiger partial charge is 0.356 e. The van der Waals surface area contributed by atoms with Crippen molar-refractivity contribution in [2.45, 2.75) is 33.2 Å². The maximum absolute atomic E-state index is 10.7. The Hall–Kier alpha value is -1.69. The van der Waals surface area contributed by atoms with Crippen LogP contribution in [0.1, 0.15) is 37.7 Å². The molecule has 0 spiro atoms. The van der Waals surface area contributed by atoms with Gasteiger partial charge < -0.3 is 15.3 Å². The molecule has 0 fully saturated rings. The van der Waals surface area contributed by atoms with Crippen molar-refractivity contribution in [1.82, 2.24) is 14.9 Å². The fourth-order valence-corrected chi connectivity index (χ4v) is 1.89. The van der Waals surface area contributed by atoms with Gasteiger partial charge in [-0.2, -0.15) is 0 Å². The molecular weight excluding hydrogens is 244 g/mol. The second kappa shape index (κ2) is 7.68. The topological polar surface area (TPSA) is 78.4 Å². The Balaban J connectivity index is 2.51. The highest BCUT2D eigenvalue weighted by Crippen LogP contribution is 2.05. The molecule has 106 valence electrons. The summed E-state index contributed by atoms with van der Waals surface area (Å²) >= 11 is 0. The lowest BCUT2D eigenvalue weighted by Crippen LogP contribution is -2.35. The molecule has 1 atom stereocenters. The molecule has 0 aliphatic heterocycles. The number of anilines is 1. The second-order valence-electron chi connectivity index (χ2n) is 4.53. The summed E-state index contributed by atoms with van der Waals surface area (Å²) in [5, 5.41) is 12.0. The van der Waals surface area contributed by atoms with E-state index in [2.05, 4.69) is 41.0 Å². The number of carbonyl (C=O) groups is 1. The molecule has 1 aromatic rings. The van der Waals surface area contributed by atoms with Crippen LogP contribution in [0.5, 0.6) is 0 Å². The lowest BCUT2D eigenvalue weighted by molar-refractivity contribution is 0.0690. The molecule has 0 unspecified atom stereocenters. The number of carboxylic acids is 1. The van der Waals surface area contributed by atoms with Gasteiger partial charge in [0, 0.05) is 12.6 Å².